The molecule has 0 bridgehead atoms. The average molecular weight is 235 g/mol. The molecule has 94 valence electrons. The largest absolute Gasteiger partial charge is 0.378 e. The lowest BCUT2D eigenvalue weighted by molar-refractivity contribution is 0.0466. The second kappa shape index (κ2) is 5.38. The van der Waals surface area contributed by atoms with Crippen LogP contribution in [0.25, 0.3) is 0 Å². The number of nitrogens with two attached hydrogens (primary N) is 1. The van der Waals surface area contributed by atoms with E-state index in [0.717, 1.165) is 19.7 Å². The van der Waals surface area contributed by atoms with E-state index < -0.39 is 0 Å². The summed E-state index contributed by atoms with van der Waals surface area (Å²) in [5.41, 5.74) is 8.12. The molecule has 0 aliphatic carbocycles. The van der Waals surface area contributed by atoms with Gasteiger partial charge in [0.05, 0.1) is 12.7 Å². The fourth-order valence-corrected chi connectivity index (χ4v) is 2.06. The highest BCUT2D eigenvalue weighted by Gasteiger charge is 2.19. The molecule has 0 amide bonds. The lowest BCUT2D eigenvalue weighted by atomic mass is 10.2. The summed E-state index contributed by atoms with van der Waals surface area (Å²) in [6, 6.07) is 8.60. The SMILES string of the molecule is CN(C)c1ccc(N2CCOC(CN)C2)cc1. The molecule has 17 heavy (non-hydrogen) atoms. The Kier molecular flexibility index (Phi) is 3.86. The number of benzene rings is 1. The van der Waals surface area contributed by atoms with E-state index in [1.807, 2.05) is 14.1 Å². The van der Waals surface area contributed by atoms with Crippen molar-refractivity contribution >= 4 is 11.4 Å². The first kappa shape index (κ1) is 12.2. The molecule has 0 aromatic heterocycles. The van der Waals surface area contributed by atoms with Crippen molar-refractivity contribution in [1.29, 1.82) is 0 Å². The molecule has 2 N–H and O–H groups in total. The van der Waals surface area contributed by atoms with Crippen LogP contribution in [0.2, 0.25) is 0 Å². The molecule has 0 radical (unpaired) electrons. The first-order valence-electron chi connectivity index (χ1n) is 6.04. The van der Waals surface area contributed by atoms with Crippen LogP contribution in [0, 0.1) is 0 Å². The summed E-state index contributed by atoms with van der Waals surface area (Å²) >= 11 is 0. The fraction of sp³-hybridized carbons (Fsp3) is 0.538. The smallest absolute Gasteiger partial charge is 0.0872 e. The van der Waals surface area contributed by atoms with Gasteiger partial charge in [-0.25, -0.2) is 0 Å². The van der Waals surface area contributed by atoms with E-state index in [4.69, 9.17) is 10.5 Å². The quantitative estimate of drug-likeness (QED) is 0.846. The Morgan fingerprint density at radius 1 is 1.35 bits per heavy atom. The van der Waals surface area contributed by atoms with Gasteiger partial charge in [-0.15, -0.1) is 0 Å². The van der Waals surface area contributed by atoms with Gasteiger partial charge < -0.3 is 20.3 Å². The molecule has 4 nitrogen and oxygen atoms in total. The number of morpholine rings is 1. The number of hydrogen-bond acceptors (Lipinski definition) is 4. The number of rotatable bonds is 3. The Hall–Kier alpha value is -1.26. The minimum absolute atomic E-state index is 0.164. The molecular weight excluding hydrogens is 214 g/mol. The van der Waals surface area contributed by atoms with Crippen molar-refractivity contribution in [2.45, 2.75) is 6.10 Å². The number of anilines is 2. The Morgan fingerprint density at radius 3 is 2.65 bits per heavy atom. The second-order valence-electron chi connectivity index (χ2n) is 4.59. The second-order valence-corrected chi connectivity index (χ2v) is 4.59. The molecule has 1 fully saturated rings. The van der Waals surface area contributed by atoms with E-state index in [1.165, 1.54) is 11.4 Å². The van der Waals surface area contributed by atoms with Crippen LogP contribution in [-0.4, -0.2) is 46.4 Å². The minimum Gasteiger partial charge on any atom is -0.378 e. The molecule has 1 aromatic rings. The molecule has 1 atom stereocenters. The van der Waals surface area contributed by atoms with Crippen LogP contribution >= 0.6 is 0 Å². The molecule has 1 saturated heterocycles. The van der Waals surface area contributed by atoms with Gasteiger partial charge in [-0.05, 0) is 24.3 Å². The van der Waals surface area contributed by atoms with Crippen molar-refractivity contribution in [3.63, 3.8) is 0 Å². The molecule has 1 heterocycles. The highest BCUT2D eigenvalue weighted by molar-refractivity contribution is 5.56. The molecule has 0 spiro atoms. The van der Waals surface area contributed by atoms with Gasteiger partial charge in [0.25, 0.3) is 0 Å². The summed E-state index contributed by atoms with van der Waals surface area (Å²) in [5, 5.41) is 0. The highest BCUT2D eigenvalue weighted by atomic mass is 16.5. The van der Waals surface area contributed by atoms with E-state index in [-0.39, 0.29) is 6.10 Å². The summed E-state index contributed by atoms with van der Waals surface area (Å²) in [4.78, 5) is 4.44. The Bertz CT molecular complexity index is 350. The van der Waals surface area contributed by atoms with Crippen LogP contribution < -0.4 is 15.5 Å². The first-order valence-corrected chi connectivity index (χ1v) is 6.04. The van der Waals surface area contributed by atoms with Gasteiger partial charge in [-0.3, -0.25) is 0 Å². The van der Waals surface area contributed by atoms with Gasteiger partial charge >= 0.3 is 0 Å². The summed E-state index contributed by atoms with van der Waals surface area (Å²) < 4.78 is 5.57. The third kappa shape index (κ3) is 2.90. The Balaban J connectivity index is 2.06. The van der Waals surface area contributed by atoms with Gasteiger partial charge in [0, 0.05) is 45.1 Å². The van der Waals surface area contributed by atoms with Crippen molar-refractivity contribution in [2.75, 3.05) is 50.1 Å². The maximum absolute atomic E-state index is 5.65. The molecule has 4 heteroatoms. The van der Waals surface area contributed by atoms with Gasteiger partial charge in [0.1, 0.15) is 0 Å². The third-order valence-electron chi connectivity index (χ3n) is 3.13. The van der Waals surface area contributed by atoms with Crippen molar-refractivity contribution in [3.05, 3.63) is 24.3 Å². The summed E-state index contributed by atoms with van der Waals surface area (Å²) in [5.74, 6) is 0. The van der Waals surface area contributed by atoms with Gasteiger partial charge in [0.15, 0.2) is 0 Å². The first-order chi connectivity index (χ1) is 8.20. The maximum atomic E-state index is 5.65. The van der Waals surface area contributed by atoms with Crippen molar-refractivity contribution in [2.24, 2.45) is 5.73 Å². The van der Waals surface area contributed by atoms with E-state index in [1.54, 1.807) is 0 Å². The van der Waals surface area contributed by atoms with Gasteiger partial charge in [-0.1, -0.05) is 0 Å². The maximum Gasteiger partial charge on any atom is 0.0872 e. The van der Waals surface area contributed by atoms with Gasteiger partial charge in [-0.2, -0.15) is 0 Å². The molecule has 1 aromatic carbocycles. The molecule has 1 unspecified atom stereocenters. The van der Waals surface area contributed by atoms with Crippen LogP contribution in [0.3, 0.4) is 0 Å². The summed E-state index contributed by atoms with van der Waals surface area (Å²) in [6.07, 6.45) is 0.164. The zero-order chi connectivity index (χ0) is 12.3. The lowest BCUT2D eigenvalue weighted by Gasteiger charge is -2.34. The standard InChI is InChI=1S/C13H21N3O/c1-15(2)11-3-5-12(6-4-11)16-7-8-17-13(9-14)10-16/h3-6,13H,7-10,14H2,1-2H3. The molecule has 1 aliphatic heterocycles. The Labute approximate surface area is 103 Å². The zero-order valence-corrected chi connectivity index (χ0v) is 10.6. The normalized spacial score (nSPS) is 20.4. The third-order valence-corrected chi connectivity index (χ3v) is 3.13. The topological polar surface area (TPSA) is 41.7 Å². The van der Waals surface area contributed by atoms with Crippen molar-refractivity contribution in [3.8, 4) is 0 Å². The monoisotopic (exact) mass is 235 g/mol. The van der Waals surface area contributed by atoms with E-state index >= 15 is 0 Å². The van der Waals surface area contributed by atoms with Gasteiger partial charge in [0.2, 0.25) is 0 Å². The minimum atomic E-state index is 0.164. The number of ether oxygens (including phenoxy) is 1. The predicted molar refractivity (Wildman–Crippen MR) is 71.8 cm³/mol. The van der Waals surface area contributed by atoms with Crippen LogP contribution in [-0.2, 0) is 4.74 Å². The summed E-state index contributed by atoms with van der Waals surface area (Å²) in [7, 11) is 4.10. The highest BCUT2D eigenvalue weighted by Crippen LogP contribution is 2.21. The number of nitrogens with zero attached hydrogens (tertiary/aromatic N) is 2. The number of hydrogen-bond donors (Lipinski definition) is 1. The van der Waals surface area contributed by atoms with E-state index in [9.17, 15) is 0 Å². The van der Waals surface area contributed by atoms with E-state index in [2.05, 4.69) is 34.1 Å². The van der Waals surface area contributed by atoms with Crippen LogP contribution in [0.5, 0.6) is 0 Å². The fourth-order valence-electron chi connectivity index (χ4n) is 2.06. The van der Waals surface area contributed by atoms with Crippen molar-refractivity contribution in [1.82, 2.24) is 0 Å². The summed E-state index contributed by atoms with van der Waals surface area (Å²) in [6.45, 7) is 3.18. The van der Waals surface area contributed by atoms with Crippen molar-refractivity contribution < 1.29 is 4.74 Å². The zero-order valence-electron chi connectivity index (χ0n) is 10.6. The molecular formula is C13H21N3O. The van der Waals surface area contributed by atoms with Crippen LogP contribution in [0.1, 0.15) is 0 Å². The lowest BCUT2D eigenvalue weighted by Crippen LogP contribution is -2.45. The molecule has 0 saturated carbocycles. The average Bonchev–Trinajstić information content (AvgIpc) is 2.39. The predicted octanol–water partition coefficient (Wildman–Crippen LogP) is 0.917. The van der Waals surface area contributed by atoms with Crippen LogP contribution in [0.15, 0.2) is 24.3 Å². The van der Waals surface area contributed by atoms with E-state index in [0.29, 0.717) is 6.54 Å². The van der Waals surface area contributed by atoms with Crippen LogP contribution in [0.4, 0.5) is 11.4 Å². The molecule has 1 aliphatic rings. The molecule has 2 rings (SSSR count). The Morgan fingerprint density at radius 2 is 2.06 bits per heavy atom.